The Morgan fingerprint density at radius 3 is 2.59 bits per heavy atom. The number of nitrogens with two attached hydrogens (primary N) is 1. The molecule has 1 aromatic carbocycles. The molecule has 0 aliphatic carbocycles. The van der Waals surface area contributed by atoms with Crippen LogP contribution in [0, 0.1) is 28.1 Å². The molecule has 216 valence electrons. The van der Waals surface area contributed by atoms with Crippen LogP contribution in [0.15, 0.2) is 48.8 Å². The number of anilines is 1. The monoisotopic (exact) mass is 583 g/mol. The van der Waals surface area contributed by atoms with Crippen LogP contribution >= 0.6 is 7.75 Å². The van der Waals surface area contributed by atoms with Crippen molar-refractivity contribution in [2.45, 2.75) is 57.6 Å². The zero-order chi connectivity index (χ0) is 30.0. The van der Waals surface area contributed by atoms with Crippen molar-refractivity contribution in [1.29, 1.82) is 10.5 Å². The maximum atomic E-state index is 13.9. The van der Waals surface area contributed by atoms with Gasteiger partial charge in [-0.15, -0.1) is 0 Å². The third-order valence-corrected chi connectivity index (χ3v) is 8.31. The fourth-order valence-corrected chi connectivity index (χ4v) is 6.02. The predicted octanol–water partition coefficient (Wildman–Crippen LogP) is 2.45. The van der Waals surface area contributed by atoms with Gasteiger partial charge < -0.3 is 24.8 Å². The summed E-state index contributed by atoms with van der Waals surface area (Å²) in [7, 11) is -4.33. The van der Waals surface area contributed by atoms with E-state index < -0.39 is 55.7 Å². The van der Waals surface area contributed by atoms with Crippen LogP contribution in [0.1, 0.15) is 33.4 Å². The number of nitrogen functional groups attached to an aromatic ring is 1. The van der Waals surface area contributed by atoms with E-state index in [1.807, 2.05) is 12.1 Å². The van der Waals surface area contributed by atoms with E-state index in [2.05, 4.69) is 15.2 Å². The number of rotatable bonds is 10. The van der Waals surface area contributed by atoms with E-state index in [-0.39, 0.29) is 17.3 Å². The van der Waals surface area contributed by atoms with Crippen LogP contribution in [0.4, 0.5) is 5.82 Å². The van der Waals surface area contributed by atoms with Crippen molar-refractivity contribution < 1.29 is 33.0 Å². The van der Waals surface area contributed by atoms with E-state index in [0.29, 0.717) is 5.52 Å². The number of carbonyl (C=O) groups excluding carboxylic acids is 1. The molecule has 3 heterocycles. The Labute approximate surface area is 236 Å². The van der Waals surface area contributed by atoms with Gasteiger partial charge in [0.25, 0.3) is 0 Å². The van der Waals surface area contributed by atoms with Gasteiger partial charge in [0.05, 0.1) is 24.5 Å². The first-order valence-corrected chi connectivity index (χ1v) is 14.2. The Bertz CT molecular complexity index is 1550. The molecule has 1 aliphatic heterocycles. The molecule has 41 heavy (non-hydrogen) atoms. The summed E-state index contributed by atoms with van der Waals surface area (Å²) < 4.78 is 37.8. The normalized spacial score (nSPS) is 26.1. The van der Waals surface area contributed by atoms with E-state index in [9.17, 15) is 25.0 Å². The van der Waals surface area contributed by atoms with Gasteiger partial charge in [0.2, 0.25) is 5.60 Å². The van der Waals surface area contributed by atoms with Gasteiger partial charge in [-0.2, -0.15) is 20.7 Å². The van der Waals surface area contributed by atoms with Crippen molar-refractivity contribution in [3.8, 4) is 17.9 Å². The molecule has 0 amide bonds. The number of aliphatic hydroxyl groups excluding tert-OH is 1. The Kier molecular flexibility index (Phi) is 8.36. The van der Waals surface area contributed by atoms with Gasteiger partial charge in [-0.25, -0.2) is 14.1 Å². The van der Waals surface area contributed by atoms with Gasteiger partial charge in [0.1, 0.15) is 47.3 Å². The zero-order valence-electron chi connectivity index (χ0n) is 22.8. The van der Waals surface area contributed by atoms with Crippen LogP contribution in [0.5, 0.6) is 5.75 Å². The second-order valence-corrected chi connectivity index (χ2v) is 11.6. The minimum Gasteiger partial charge on any atom is -0.462 e. The van der Waals surface area contributed by atoms with Gasteiger partial charge in [0.15, 0.2) is 5.82 Å². The van der Waals surface area contributed by atoms with E-state index in [1.54, 1.807) is 38.1 Å². The highest BCUT2D eigenvalue weighted by Gasteiger charge is 2.67. The number of nitrogens with zero attached hydrogens (tertiary/aromatic N) is 5. The molecule has 1 fully saturated rings. The third-order valence-electron chi connectivity index (χ3n) is 6.67. The molecule has 0 spiro atoms. The number of hydrogen-bond acceptors (Lipinski definition) is 12. The lowest BCUT2D eigenvalue weighted by Gasteiger charge is -2.31. The van der Waals surface area contributed by atoms with Gasteiger partial charge in [-0.05, 0) is 52.0 Å². The molecular formula is C26H30N7O7P. The van der Waals surface area contributed by atoms with Crippen LogP contribution < -0.4 is 15.3 Å². The first kappa shape index (κ1) is 29.9. The van der Waals surface area contributed by atoms with Crippen molar-refractivity contribution in [2.24, 2.45) is 5.41 Å². The molecule has 14 nitrogen and oxygen atoms in total. The highest BCUT2D eigenvalue weighted by molar-refractivity contribution is 7.52. The average molecular weight is 584 g/mol. The molecule has 0 bridgehead atoms. The molecule has 15 heteroatoms. The summed E-state index contributed by atoms with van der Waals surface area (Å²) in [5.41, 5.74) is 2.54. The quantitative estimate of drug-likeness (QED) is 0.232. The van der Waals surface area contributed by atoms with Gasteiger partial charge in [-0.3, -0.25) is 9.32 Å². The van der Waals surface area contributed by atoms with Crippen molar-refractivity contribution >= 4 is 25.1 Å². The first-order valence-electron chi connectivity index (χ1n) is 12.6. The lowest BCUT2D eigenvalue weighted by Crippen LogP contribution is -2.45. The largest absolute Gasteiger partial charge is 0.462 e. The molecule has 2 aromatic heterocycles. The highest BCUT2D eigenvalue weighted by atomic mass is 31.2. The molecule has 4 rings (SSSR count). The maximum absolute atomic E-state index is 13.9. The van der Waals surface area contributed by atoms with E-state index >= 15 is 0 Å². The number of benzene rings is 1. The minimum absolute atomic E-state index is 0.126. The number of hydrogen-bond donors (Lipinski definition) is 3. The number of esters is 1. The molecule has 3 aromatic rings. The van der Waals surface area contributed by atoms with Crippen LogP contribution in [-0.2, 0) is 29.0 Å². The number of aromatic nitrogens is 3. The fraction of sp³-hybridized carbons (Fsp3) is 0.423. The average Bonchev–Trinajstić information content (AvgIpc) is 3.47. The van der Waals surface area contributed by atoms with Gasteiger partial charge in [-0.1, -0.05) is 18.2 Å². The minimum atomic E-state index is -4.33. The molecule has 4 N–H and O–H groups in total. The molecule has 0 radical (unpaired) electrons. The summed E-state index contributed by atoms with van der Waals surface area (Å²) in [4.78, 5) is 16.4. The fourth-order valence-electron chi connectivity index (χ4n) is 4.52. The summed E-state index contributed by atoms with van der Waals surface area (Å²) in [6.45, 7) is 5.54. The summed E-state index contributed by atoms with van der Waals surface area (Å²) in [6.07, 6.45) is -2.17. The highest BCUT2D eigenvalue weighted by Crippen LogP contribution is 2.54. The van der Waals surface area contributed by atoms with E-state index in [0.717, 1.165) is 0 Å². The van der Waals surface area contributed by atoms with Crippen LogP contribution in [0.25, 0.3) is 5.52 Å². The Morgan fingerprint density at radius 2 is 1.95 bits per heavy atom. The summed E-state index contributed by atoms with van der Waals surface area (Å²) >= 11 is 0. The number of nitrogens with one attached hydrogen (secondary N) is 1. The van der Waals surface area contributed by atoms with Gasteiger partial charge in [0, 0.05) is 0 Å². The number of aliphatic hydroxyl groups is 1. The second-order valence-electron chi connectivity index (χ2n) is 9.90. The van der Waals surface area contributed by atoms with Crippen LogP contribution in [0.3, 0.4) is 0 Å². The third kappa shape index (κ3) is 5.48. The van der Waals surface area contributed by atoms with Crippen LogP contribution in [0.2, 0.25) is 0 Å². The zero-order valence-corrected chi connectivity index (χ0v) is 23.7. The van der Waals surface area contributed by atoms with E-state index in [1.165, 1.54) is 42.9 Å². The van der Waals surface area contributed by atoms with E-state index in [4.69, 9.17) is 24.3 Å². The van der Waals surface area contributed by atoms with Crippen molar-refractivity contribution in [3.05, 3.63) is 54.5 Å². The molecular weight excluding hydrogens is 553 g/mol. The summed E-state index contributed by atoms with van der Waals surface area (Å²) in [5.74, 6) is -0.392. The van der Waals surface area contributed by atoms with Crippen LogP contribution in [-0.4, -0.2) is 56.6 Å². The molecule has 1 aliphatic rings. The number of para-hydroxylation sites is 1. The number of carbonyl (C=O) groups is 1. The van der Waals surface area contributed by atoms with Gasteiger partial charge >= 0.3 is 13.7 Å². The van der Waals surface area contributed by atoms with Crippen molar-refractivity contribution in [3.63, 3.8) is 0 Å². The van der Waals surface area contributed by atoms with Crippen molar-refractivity contribution in [2.75, 3.05) is 12.3 Å². The number of ether oxygens (including phenoxy) is 2. The first-order chi connectivity index (χ1) is 19.4. The second kappa shape index (κ2) is 11.4. The molecule has 0 unspecified atom stereocenters. The molecule has 0 saturated carbocycles. The maximum Gasteiger partial charge on any atom is 0.459 e. The molecule has 1 saturated heterocycles. The predicted molar refractivity (Wildman–Crippen MR) is 144 cm³/mol. The summed E-state index contributed by atoms with van der Waals surface area (Å²) in [6, 6.07) is 14.1. The number of nitriles is 2. The van der Waals surface area contributed by atoms with Crippen molar-refractivity contribution in [1.82, 2.24) is 19.7 Å². The lowest BCUT2D eigenvalue weighted by molar-refractivity contribution is -0.149. The standard InChI is InChI=1S/C26H30N7O7P/c1-16(2)38-24(35)17(3)32-41(36,40-18-8-6-5-7-9-18)37-12-20-22(34)25(4,13-27)26(14-28,39-20)21-11-10-19-23(29)30-15-31-33(19)21/h5-11,15-17,20,22,34H,12H2,1-4H3,(H,32,36)(H2,29,30,31)/t17-,20+,22+,25+,26-,41-/m0/s1. The topological polar surface area (TPSA) is 207 Å². The SMILES string of the molecule is CC(C)OC(=O)[C@H](C)N[P@](=O)(OC[C@H]1O[C@@](C#N)(c2ccc3c(N)ncnn23)[C@](C)(C#N)[C@@H]1O)Oc1ccccc1. The Balaban J connectivity index is 1.65. The number of fused-ring (bicyclic) bond motifs is 1. The Morgan fingerprint density at radius 1 is 1.24 bits per heavy atom. The molecule has 6 atom stereocenters. The summed E-state index contributed by atoms with van der Waals surface area (Å²) in [5, 5.41) is 38.6. The Hall–Kier alpha value is -4.04. The lowest BCUT2D eigenvalue weighted by atomic mass is 9.71. The smallest absolute Gasteiger partial charge is 0.459 e.